The van der Waals surface area contributed by atoms with Gasteiger partial charge in [0.05, 0.1) is 4.99 Å². The SMILES string of the molecule is NC(=S)CS(=O)(=O)N1CCN(C2CC2)CC1. The van der Waals surface area contributed by atoms with Crippen LogP contribution >= 0.6 is 12.2 Å². The lowest BCUT2D eigenvalue weighted by molar-refractivity contribution is 0.181. The third-order valence-corrected chi connectivity index (χ3v) is 5.21. The third kappa shape index (κ3) is 2.91. The van der Waals surface area contributed by atoms with Gasteiger partial charge in [0, 0.05) is 32.2 Å². The van der Waals surface area contributed by atoms with Gasteiger partial charge >= 0.3 is 0 Å². The molecular formula is C9H17N3O2S2. The molecular weight excluding hydrogens is 246 g/mol. The van der Waals surface area contributed by atoms with Crippen LogP contribution in [0, 0.1) is 0 Å². The molecule has 0 aromatic rings. The van der Waals surface area contributed by atoms with Gasteiger partial charge in [0.2, 0.25) is 10.0 Å². The summed E-state index contributed by atoms with van der Waals surface area (Å²) in [6.45, 7) is 2.81. The molecule has 2 N–H and O–H groups in total. The van der Waals surface area contributed by atoms with E-state index >= 15 is 0 Å². The Balaban J connectivity index is 1.89. The van der Waals surface area contributed by atoms with Gasteiger partial charge in [0.1, 0.15) is 5.75 Å². The molecule has 1 aliphatic carbocycles. The Morgan fingerprint density at radius 1 is 1.25 bits per heavy atom. The molecule has 0 atom stereocenters. The van der Waals surface area contributed by atoms with Gasteiger partial charge in [-0.2, -0.15) is 4.31 Å². The summed E-state index contributed by atoms with van der Waals surface area (Å²) >= 11 is 4.65. The van der Waals surface area contributed by atoms with Crippen molar-refractivity contribution in [3.8, 4) is 0 Å². The van der Waals surface area contributed by atoms with Gasteiger partial charge < -0.3 is 5.73 Å². The van der Waals surface area contributed by atoms with Crippen molar-refractivity contribution < 1.29 is 8.42 Å². The van der Waals surface area contributed by atoms with E-state index in [-0.39, 0.29) is 10.7 Å². The molecule has 0 spiro atoms. The molecule has 2 rings (SSSR count). The number of thiocarbonyl (C=S) groups is 1. The first-order chi connectivity index (χ1) is 7.49. The van der Waals surface area contributed by atoms with E-state index in [1.807, 2.05) is 0 Å². The number of sulfonamides is 1. The topological polar surface area (TPSA) is 66.6 Å². The van der Waals surface area contributed by atoms with Crippen LogP contribution in [0.25, 0.3) is 0 Å². The van der Waals surface area contributed by atoms with Crippen molar-refractivity contribution in [1.82, 2.24) is 9.21 Å². The van der Waals surface area contributed by atoms with E-state index in [4.69, 9.17) is 5.73 Å². The predicted molar refractivity (Wildman–Crippen MR) is 66.7 cm³/mol. The maximum Gasteiger partial charge on any atom is 0.220 e. The van der Waals surface area contributed by atoms with Crippen LogP contribution in [0.2, 0.25) is 0 Å². The molecule has 0 radical (unpaired) electrons. The van der Waals surface area contributed by atoms with E-state index in [1.165, 1.54) is 17.1 Å². The normalized spacial score (nSPS) is 24.5. The summed E-state index contributed by atoms with van der Waals surface area (Å²) in [6.07, 6.45) is 2.53. The minimum Gasteiger partial charge on any atom is -0.392 e. The maximum atomic E-state index is 11.8. The number of hydrogen-bond donors (Lipinski definition) is 1. The smallest absolute Gasteiger partial charge is 0.220 e. The Labute approximate surface area is 102 Å². The van der Waals surface area contributed by atoms with Gasteiger partial charge in [-0.3, -0.25) is 4.90 Å². The van der Waals surface area contributed by atoms with Gasteiger partial charge in [-0.05, 0) is 12.8 Å². The quantitative estimate of drug-likeness (QED) is 0.685. The minimum absolute atomic E-state index is 0.0459. The van der Waals surface area contributed by atoms with Gasteiger partial charge in [-0.15, -0.1) is 0 Å². The van der Waals surface area contributed by atoms with Crippen molar-refractivity contribution in [2.45, 2.75) is 18.9 Å². The Kier molecular flexibility index (Phi) is 3.48. The van der Waals surface area contributed by atoms with E-state index in [0.717, 1.165) is 13.1 Å². The van der Waals surface area contributed by atoms with Crippen LogP contribution in [0.15, 0.2) is 0 Å². The molecule has 0 bridgehead atoms. The highest BCUT2D eigenvalue weighted by atomic mass is 32.2. The molecule has 2 aliphatic rings. The van der Waals surface area contributed by atoms with Crippen LogP contribution in [0.5, 0.6) is 0 Å². The van der Waals surface area contributed by atoms with Crippen LogP contribution in [0.3, 0.4) is 0 Å². The van der Waals surface area contributed by atoms with Crippen molar-refractivity contribution in [3.05, 3.63) is 0 Å². The fraction of sp³-hybridized carbons (Fsp3) is 0.889. The van der Waals surface area contributed by atoms with Gasteiger partial charge in [0.15, 0.2) is 0 Å². The molecule has 1 saturated carbocycles. The van der Waals surface area contributed by atoms with Gasteiger partial charge in [-0.1, -0.05) is 12.2 Å². The van der Waals surface area contributed by atoms with E-state index in [9.17, 15) is 8.42 Å². The first-order valence-electron chi connectivity index (χ1n) is 5.49. The summed E-state index contributed by atoms with van der Waals surface area (Å²) in [6, 6.07) is 0.709. The highest BCUT2D eigenvalue weighted by molar-refractivity contribution is 7.92. The van der Waals surface area contributed by atoms with Gasteiger partial charge in [-0.25, -0.2) is 8.42 Å². The minimum atomic E-state index is -3.27. The second kappa shape index (κ2) is 4.56. The summed E-state index contributed by atoms with van der Waals surface area (Å²) < 4.78 is 25.2. The predicted octanol–water partition coefficient (Wildman–Crippen LogP) is -0.618. The van der Waals surface area contributed by atoms with E-state index in [0.29, 0.717) is 19.1 Å². The molecule has 5 nitrogen and oxygen atoms in total. The molecule has 0 aromatic carbocycles. The average Bonchev–Trinajstić information content (AvgIpc) is 2.99. The standard InChI is InChI=1S/C9H17N3O2S2/c10-9(15)7-16(13,14)12-5-3-11(4-6-12)8-1-2-8/h8H,1-7H2,(H2,10,15). The Morgan fingerprint density at radius 3 is 2.25 bits per heavy atom. The van der Waals surface area contributed by atoms with E-state index in [2.05, 4.69) is 17.1 Å². The fourth-order valence-corrected chi connectivity index (χ4v) is 3.77. The fourth-order valence-electron chi connectivity index (χ4n) is 2.06. The van der Waals surface area contributed by atoms with Crippen molar-refractivity contribution in [3.63, 3.8) is 0 Å². The number of rotatable bonds is 4. The number of hydrogen-bond acceptors (Lipinski definition) is 4. The Bertz CT molecular complexity index is 370. The molecule has 1 saturated heterocycles. The first kappa shape index (κ1) is 12.2. The highest BCUT2D eigenvalue weighted by Crippen LogP contribution is 2.27. The average molecular weight is 263 g/mol. The summed E-state index contributed by atoms with van der Waals surface area (Å²) in [5.41, 5.74) is 5.29. The molecule has 1 heterocycles. The van der Waals surface area contributed by atoms with Crippen molar-refractivity contribution >= 4 is 27.2 Å². The lowest BCUT2D eigenvalue weighted by atomic mass is 10.3. The van der Waals surface area contributed by atoms with Crippen LogP contribution < -0.4 is 5.73 Å². The number of nitrogens with zero attached hydrogens (tertiary/aromatic N) is 2. The summed E-state index contributed by atoms with van der Waals surface area (Å²) in [5, 5.41) is 0. The number of nitrogens with two attached hydrogens (primary N) is 1. The van der Waals surface area contributed by atoms with Gasteiger partial charge in [0.25, 0.3) is 0 Å². The number of piperazine rings is 1. The second-order valence-electron chi connectivity index (χ2n) is 4.39. The second-order valence-corrected chi connectivity index (χ2v) is 6.88. The zero-order valence-corrected chi connectivity index (χ0v) is 10.8. The van der Waals surface area contributed by atoms with Crippen LogP contribution in [-0.2, 0) is 10.0 Å². The molecule has 2 fully saturated rings. The molecule has 0 aromatic heterocycles. The monoisotopic (exact) mass is 263 g/mol. The molecule has 16 heavy (non-hydrogen) atoms. The van der Waals surface area contributed by atoms with Crippen LogP contribution in [0.4, 0.5) is 0 Å². The zero-order chi connectivity index (χ0) is 11.8. The molecule has 7 heteroatoms. The molecule has 0 unspecified atom stereocenters. The first-order valence-corrected chi connectivity index (χ1v) is 7.51. The third-order valence-electron chi connectivity index (χ3n) is 3.05. The molecule has 1 aliphatic heterocycles. The maximum absolute atomic E-state index is 11.8. The van der Waals surface area contributed by atoms with Crippen molar-refractivity contribution in [2.24, 2.45) is 5.73 Å². The van der Waals surface area contributed by atoms with Crippen molar-refractivity contribution in [1.29, 1.82) is 0 Å². The largest absolute Gasteiger partial charge is 0.392 e. The Hall–Kier alpha value is -0.240. The zero-order valence-electron chi connectivity index (χ0n) is 9.13. The summed E-state index contributed by atoms with van der Waals surface area (Å²) in [5.74, 6) is -0.203. The molecule has 92 valence electrons. The summed E-state index contributed by atoms with van der Waals surface area (Å²) in [7, 11) is -3.27. The molecule has 0 amide bonds. The van der Waals surface area contributed by atoms with Crippen LogP contribution in [-0.4, -0.2) is 60.6 Å². The van der Waals surface area contributed by atoms with E-state index in [1.54, 1.807) is 0 Å². The Morgan fingerprint density at radius 2 is 1.81 bits per heavy atom. The van der Waals surface area contributed by atoms with E-state index < -0.39 is 10.0 Å². The van der Waals surface area contributed by atoms with Crippen molar-refractivity contribution in [2.75, 3.05) is 31.9 Å². The lowest BCUT2D eigenvalue weighted by Crippen LogP contribution is -2.50. The van der Waals surface area contributed by atoms with Crippen LogP contribution in [0.1, 0.15) is 12.8 Å². The lowest BCUT2D eigenvalue weighted by Gasteiger charge is -2.33. The highest BCUT2D eigenvalue weighted by Gasteiger charge is 2.34. The summed E-state index contributed by atoms with van der Waals surface area (Å²) in [4.78, 5) is 2.41.